The van der Waals surface area contributed by atoms with Gasteiger partial charge in [-0.3, -0.25) is 0 Å². The number of hydrogen-bond donors (Lipinski definition) is 0. The van der Waals surface area contributed by atoms with Gasteiger partial charge in [-0.15, -0.1) is 0 Å². The fourth-order valence-corrected chi connectivity index (χ4v) is 0.738. The van der Waals surface area contributed by atoms with Gasteiger partial charge in [-0.05, 0) is 33.9 Å². The number of ether oxygens (including phenoxy) is 1. The molecule has 0 rings (SSSR count). The molecule has 0 amide bonds. The van der Waals surface area contributed by atoms with E-state index in [9.17, 15) is 0 Å². The van der Waals surface area contributed by atoms with Crippen molar-refractivity contribution in [1.82, 2.24) is 4.90 Å². The Hall–Kier alpha value is -0.0800. The summed E-state index contributed by atoms with van der Waals surface area (Å²) in [5.74, 6) is 0. The van der Waals surface area contributed by atoms with Crippen LogP contribution in [0.5, 0.6) is 0 Å². The molecule has 0 heterocycles. The molecule has 0 aromatic rings. The number of rotatable bonds is 6. The zero-order valence-corrected chi connectivity index (χ0v) is 9.18. The van der Waals surface area contributed by atoms with Crippen molar-refractivity contribution in [3.63, 3.8) is 0 Å². The minimum atomic E-state index is 0.0502. The highest BCUT2D eigenvalue weighted by Crippen LogP contribution is 2.12. The maximum atomic E-state index is 5.71. The molecule has 0 aliphatic heterocycles. The van der Waals surface area contributed by atoms with Gasteiger partial charge in [0.1, 0.15) is 0 Å². The van der Waals surface area contributed by atoms with Crippen molar-refractivity contribution in [2.24, 2.45) is 0 Å². The van der Waals surface area contributed by atoms with Crippen LogP contribution >= 0.6 is 0 Å². The number of likely N-dealkylation sites (N-methyl/N-ethyl adjacent to an activating group) is 1. The van der Waals surface area contributed by atoms with E-state index in [4.69, 9.17) is 4.74 Å². The van der Waals surface area contributed by atoms with E-state index >= 15 is 0 Å². The van der Waals surface area contributed by atoms with Gasteiger partial charge < -0.3 is 9.64 Å². The predicted octanol–water partition coefficient (Wildman–Crippen LogP) is 2.14. The van der Waals surface area contributed by atoms with Crippen molar-refractivity contribution >= 4 is 0 Å². The summed E-state index contributed by atoms with van der Waals surface area (Å²) >= 11 is 0. The zero-order chi connectivity index (χ0) is 9.61. The molecule has 0 bridgehead atoms. The smallest absolute Gasteiger partial charge is 0.0624 e. The lowest BCUT2D eigenvalue weighted by molar-refractivity contribution is -0.0263. The van der Waals surface area contributed by atoms with Crippen LogP contribution in [-0.2, 0) is 4.74 Å². The Morgan fingerprint density at radius 3 is 2.25 bits per heavy atom. The van der Waals surface area contributed by atoms with Crippen LogP contribution in [0.4, 0.5) is 0 Å². The summed E-state index contributed by atoms with van der Waals surface area (Å²) in [6.45, 7) is 11.5. The fourth-order valence-electron chi connectivity index (χ4n) is 0.738. The van der Waals surface area contributed by atoms with Gasteiger partial charge in [0, 0.05) is 6.54 Å². The summed E-state index contributed by atoms with van der Waals surface area (Å²) in [5, 5.41) is 0. The third kappa shape index (κ3) is 5.56. The first-order chi connectivity index (χ1) is 5.52. The summed E-state index contributed by atoms with van der Waals surface area (Å²) in [4.78, 5) is 2.26. The summed E-state index contributed by atoms with van der Waals surface area (Å²) in [6.07, 6.45) is 1.07. The molecule has 0 saturated heterocycles. The molecule has 0 fully saturated rings. The fraction of sp³-hybridized carbons (Fsp3) is 1.00. The van der Waals surface area contributed by atoms with E-state index in [1.54, 1.807) is 0 Å². The van der Waals surface area contributed by atoms with Gasteiger partial charge in [0.05, 0.1) is 12.2 Å². The van der Waals surface area contributed by atoms with Crippen molar-refractivity contribution in [2.45, 2.75) is 39.7 Å². The molecule has 0 aliphatic rings. The Balaban J connectivity index is 3.42. The zero-order valence-electron chi connectivity index (χ0n) is 9.18. The molecule has 0 atom stereocenters. The lowest BCUT2D eigenvalue weighted by atomic mass is 10.1. The summed E-state index contributed by atoms with van der Waals surface area (Å²) in [6, 6.07) is 0. The van der Waals surface area contributed by atoms with E-state index in [1.165, 1.54) is 0 Å². The molecular weight excluding hydrogens is 150 g/mol. The standard InChI is InChI=1S/C10H23NO/c1-6-10(3,4)12-9-8-11(5)7-2/h6-9H2,1-5H3. The van der Waals surface area contributed by atoms with Crippen molar-refractivity contribution < 1.29 is 4.74 Å². The van der Waals surface area contributed by atoms with Crippen LogP contribution < -0.4 is 0 Å². The van der Waals surface area contributed by atoms with Crippen LogP contribution in [0.15, 0.2) is 0 Å². The van der Waals surface area contributed by atoms with Crippen molar-refractivity contribution in [1.29, 1.82) is 0 Å². The molecule has 2 nitrogen and oxygen atoms in total. The van der Waals surface area contributed by atoms with Crippen LogP contribution in [0.3, 0.4) is 0 Å². The van der Waals surface area contributed by atoms with Gasteiger partial charge in [-0.1, -0.05) is 13.8 Å². The number of nitrogens with zero attached hydrogens (tertiary/aromatic N) is 1. The van der Waals surface area contributed by atoms with Crippen LogP contribution in [-0.4, -0.2) is 37.2 Å². The third-order valence-corrected chi connectivity index (χ3v) is 2.36. The Morgan fingerprint density at radius 1 is 1.25 bits per heavy atom. The SMILES string of the molecule is CCN(C)CCOC(C)(C)CC. The molecule has 0 aromatic carbocycles. The van der Waals surface area contributed by atoms with E-state index in [-0.39, 0.29) is 5.60 Å². The quantitative estimate of drug-likeness (QED) is 0.610. The molecule has 0 N–H and O–H groups in total. The molecule has 74 valence electrons. The minimum absolute atomic E-state index is 0.0502. The monoisotopic (exact) mass is 173 g/mol. The summed E-state index contributed by atoms with van der Waals surface area (Å²) in [7, 11) is 2.11. The summed E-state index contributed by atoms with van der Waals surface area (Å²) in [5.41, 5.74) is 0.0502. The lowest BCUT2D eigenvalue weighted by Crippen LogP contribution is -2.29. The van der Waals surface area contributed by atoms with Gasteiger partial charge in [0.15, 0.2) is 0 Å². The van der Waals surface area contributed by atoms with Gasteiger partial charge in [-0.25, -0.2) is 0 Å². The van der Waals surface area contributed by atoms with E-state index in [1.807, 2.05) is 0 Å². The van der Waals surface area contributed by atoms with Crippen LogP contribution in [0, 0.1) is 0 Å². The van der Waals surface area contributed by atoms with Crippen molar-refractivity contribution in [2.75, 3.05) is 26.7 Å². The molecular formula is C10H23NO. The first-order valence-electron chi connectivity index (χ1n) is 4.84. The maximum Gasteiger partial charge on any atom is 0.0624 e. The van der Waals surface area contributed by atoms with Crippen LogP contribution in [0.1, 0.15) is 34.1 Å². The third-order valence-electron chi connectivity index (χ3n) is 2.36. The second-order valence-electron chi connectivity index (χ2n) is 3.86. The highest BCUT2D eigenvalue weighted by Gasteiger charge is 2.14. The molecule has 0 radical (unpaired) electrons. The molecule has 0 spiro atoms. The Labute approximate surface area is 76.9 Å². The van der Waals surface area contributed by atoms with Gasteiger partial charge >= 0.3 is 0 Å². The summed E-state index contributed by atoms with van der Waals surface area (Å²) < 4.78 is 5.71. The lowest BCUT2D eigenvalue weighted by Gasteiger charge is -2.25. The average Bonchev–Trinajstić information content (AvgIpc) is 2.04. The van der Waals surface area contributed by atoms with Crippen molar-refractivity contribution in [3.8, 4) is 0 Å². The number of hydrogen-bond acceptors (Lipinski definition) is 2. The largest absolute Gasteiger partial charge is 0.374 e. The molecule has 2 heteroatoms. The van der Waals surface area contributed by atoms with Gasteiger partial charge in [0.25, 0.3) is 0 Å². The second kappa shape index (κ2) is 5.55. The maximum absolute atomic E-state index is 5.71. The van der Waals surface area contributed by atoms with E-state index < -0.39 is 0 Å². The van der Waals surface area contributed by atoms with E-state index in [2.05, 4.69) is 39.6 Å². The predicted molar refractivity (Wildman–Crippen MR) is 53.5 cm³/mol. The second-order valence-corrected chi connectivity index (χ2v) is 3.86. The van der Waals surface area contributed by atoms with E-state index in [0.717, 1.165) is 26.1 Å². The molecule has 0 saturated carbocycles. The Bertz CT molecular complexity index is 112. The highest BCUT2D eigenvalue weighted by molar-refractivity contribution is 4.65. The first kappa shape index (κ1) is 11.9. The first-order valence-corrected chi connectivity index (χ1v) is 4.84. The van der Waals surface area contributed by atoms with Crippen LogP contribution in [0.25, 0.3) is 0 Å². The molecule has 0 aliphatic carbocycles. The van der Waals surface area contributed by atoms with Crippen molar-refractivity contribution in [3.05, 3.63) is 0 Å². The molecule has 0 aromatic heterocycles. The normalized spacial score (nSPS) is 12.5. The van der Waals surface area contributed by atoms with Crippen LogP contribution in [0.2, 0.25) is 0 Å². The van der Waals surface area contributed by atoms with E-state index in [0.29, 0.717) is 0 Å². The molecule has 0 unspecified atom stereocenters. The topological polar surface area (TPSA) is 12.5 Å². The van der Waals surface area contributed by atoms with Gasteiger partial charge in [-0.2, -0.15) is 0 Å². The van der Waals surface area contributed by atoms with Gasteiger partial charge in [0.2, 0.25) is 0 Å². The minimum Gasteiger partial charge on any atom is -0.374 e. The molecule has 12 heavy (non-hydrogen) atoms. The average molecular weight is 173 g/mol. The highest BCUT2D eigenvalue weighted by atomic mass is 16.5. The Kier molecular flexibility index (Phi) is 5.51. The Morgan fingerprint density at radius 2 is 1.83 bits per heavy atom.